The van der Waals surface area contributed by atoms with Crippen LogP contribution in [-0.2, 0) is 0 Å². The van der Waals surface area contributed by atoms with E-state index in [1.165, 1.54) is 245 Å². The second-order valence-electron chi connectivity index (χ2n) is 35.5. The zero-order valence-electron chi connectivity index (χ0n) is 86.0. The van der Waals surface area contributed by atoms with Gasteiger partial charge >= 0.3 is 0 Å². The van der Waals surface area contributed by atoms with Crippen LogP contribution in [-0.4, -0.2) is 0 Å². The third-order valence-corrected chi connectivity index (χ3v) is 27.4. The normalized spacial score (nSPS) is 10.7. The van der Waals surface area contributed by atoms with Gasteiger partial charge in [-0.25, -0.2) is 0 Å². The van der Waals surface area contributed by atoms with Gasteiger partial charge in [0, 0.05) is 0 Å². The van der Waals surface area contributed by atoms with Gasteiger partial charge in [-0.1, -0.05) is 567 Å². The molecule has 0 saturated carbocycles. The molecule has 28 aromatic carbocycles. The van der Waals surface area contributed by atoms with Crippen LogP contribution < -0.4 is 0 Å². The maximum absolute atomic E-state index is 2.29. The van der Waals surface area contributed by atoms with Crippen LogP contribution in [0.3, 0.4) is 0 Å². The van der Waals surface area contributed by atoms with Crippen molar-refractivity contribution in [2.45, 2.75) is 76.2 Å². The first kappa shape index (κ1) is 99.5. The van der Waals surface area contributed by atoms with Gasteiger partial charge in [-0.3, -0.25) is 0 Å². The molecule has 0 N–H and O–H groups in total. The van der Waals surface area contributed by atoms with Crippen molar-refractivity contribution < 1.29 is 0 Å². The second kappa shape index (κ2) is 47.9. The van der Waals surface area contributed by atoms with E-state index >= 15 is 0 Å². The van der Waals surface area contributed by atoms with Gasteiger partial charge in [0.25, 0.3) is 0 Å². The van der Waals surface area contributed by atoms with Crippen molar-refractivity contribution in [3.8, 4) is 66.8 Å². The lowest BCUT2D eigenvalue weighted by atomic mass is 9.87. The van der Waals surface area contributed by atoms with E-state index < -0.39 is 0 Å². The van der Waals surface area contributed by atoms with Gasteiger partial charge in [0.2, 0.25) is 0 Å². The molecule has 0 nitrogen and oxygen atoms in total. The van der Waals surface area contributed by atoms with Crippen molar-refractivity contribution in [2.75, 3.05) is 0 Å². The fourth-order valence-electron chi connectivity index (χ4n) is 20.8. The van der Waals surface area contributed by atoms with E-state index in [1.807, 2.05) is 69.2 Å². The first-order valence-electron chi connectivity index (χ1n) is 52.4. The number of hydrogen-bond donors (Lipinski definition) is 0. The van der Waals surface area contributed by atoms with Crippen LogP contribution in [0.4, 0.5) is 0 Å². The Morgan fingerprint density at radius 2 is 0.259 bits per heavy atom. The van der Waals surface area contributed by atoms with Gasteiger partial charge in [-0.15, -0.1) is 0 Å². The van der Waals surface area contributed by atoms with E-state index in [2.05, 4.69) is 559 Å². The Morgan fingerprint density at radius 3 is 0.503 bits per heavy atom. The van der Waals surface area contributed by atoms with Crippen molar-refractivity contribution in [3.05, 3.63) is 558 Å². The second-order valence-corrected chi connectivity index (χ2v) is 35.5. The molecule has 0 aliphatic heterocycles. The summed E-state index contributed by atoms with van der Waals surface area (Å²) in [6.07, 6.45) is 0. The highest BCUT2D eigenvalue weighted by Crippen LogP contribution is 2.46. The predicted molar refractivity (Wildman–Crippen MR) is 653 cm³/mol. The maximum atomic E-state index is 2.29. The molecule has 0 fully saturated rings. The molecule has 0 aromatic heterocycles. The molecular formula is C147H124. The first-order valence-corrected chi connectivity index (χ1v) is 52.4. The van der Waals surface area contributed by atoms with Crippen LogP contribution in [0.1, 0.15) is 74.8 Å². The summed E-state index contributed by atoms with van der Waals surface area (Å²) in [5, 5.41) is 41.7. The third-order valence-electron chi connectivity index (χ3n) is 27.4. The van der Waals surface area contributed by atoms with Crippen molar-refractivity contribution in [1.29, 1.82) is 0 Å². The molecule has 0 heterocycles. The molecule has 0 saturated heterocycles. The third kappa shape index (κ3) is 21.3. The van der Waals surface area contributed by atoms with E-state index in [9.17, 15) is 0 Å². The minimum Gasteiger partial charge on any atom is -0.0683 e. The van der Waals surface area contributed by atoms with E-state index in [-0.39, 0.29) is 0 Å². The van der Waals surface area contributed by atoms with Crippen LogP contribution in [0.15, 0.2) is 552 Å². The highest BCUT2D eigenvalue weighted by atomic mass is 14.2. The molecule has 0 bridgehead atoms. The predicted octanol–water partition coefficient (Wildman–Crippen LogP) is 44.0. The number of benzene rings is 28. The first-order chi connectivity index (χ1) is 72.9. The van der Waals surface area contributed by atoms with Crippen molar-refractivity contribution in [2.24, 2.45) is 0 Å². The lowest BCUT2D eigenvalue weighted by molar-refractivity contribution is 1.50. The van der Waals surface area contributed by atoms with Crippen LogP contribution in [0.25, 0.3) is 239 Å². The summed E-state index contributed by atoms with van der Waals surface area (Å²) in [6, 6.07) is 198. The number of fused-ring (bicyclic) bond motifs is 16. The Bertz CT molecular complexity index is 8580. The highest BCUT2D eigenvalue weighted by Gasteiger charge is 2.19. The molecule has 28 aromatic rings. The Balaban J connectivity index is 0.000000114. The van der Waals surface area contributed by atoms with Crippen molar-refractivity contribution >= 4 is 172 Å². The molecule has 0 heteroatoms. The quantitative estimate of drug-likeness (QED) is 0.146. The summed E-state index contributed by atoms with van der Waals surface area (Å²) in [5.74, 6) is 0. The molecule has 0 amide bonds. The molecule has 0 radical (unpaired) electrons. The number of rotatable bonds is 6. The van der Waals surface area contributed by atoms with Crippen molar-refractivity contribution in [3.63, 3.8) is 0 Å². The maximum Gasteiger partial charge on any atom is -0.00204 e. The van der Waals surface area contributed by atoms with Gasteiger partial charge < -0.3 is 0 Å². The highest BCUT2D eigenvalue weighted by molar-refractivity contribution is 6.22. The lowest BCUT2D eigenvalue weighted by Crippen LogP contribution is -1.90. The van der Waals surface area contributed by atoms with Crippen molar-refractivity contribution in [1.82, 2.24) is 0 Å². The van der Waals surface area contributed by atoms with Crippen LogP contribution >= 0.6 is 0 Å². The van der Waals surface area contributed by atoms with Gasteiger partial charge in [0.05, 0.1) is 0 Å². The standard InChI is InChI=1S/C25H18.3C24H16.2C20H14.5C2H6/c1-17-19-11-4-6-14-22(19)25(23-15-7-5-12-20(17)23)24-16-8-10-18-9-2-3-13-21(18)24;3*1-4-12-20-17(8-1)11-7-15-23(20)24-21-13-5-2-9-18(21)16-19-10-3-6-14-22(19)24;2*1-2-6-15(7-3-1)18-10-11-19-12-16-8-4-5-9-17(16)13-20(19)14-18;5*1-2/h2-16H,1H3;3*1-16H;2*1-14H;5*1-2H3. The molecule has 712 valence electrons. The summed E-state index contributed by atoms with van der Waals surface area (Å²) in [7, 11) is 0. The molecule has 28 rings (SSSR count). The van der Waals surface area contributed by atoms with E-state index in [4.69, 9.17) is 0 Å². The molecule has 0 aliphatic rings. The van der Waals surface area contributed by atoms with Crippen LogP contribution in [0, 0.1) is 6.92 Å². The average molecular weight is 1890 g/mol. The zero-order chi connectivity index (χ0) is 101. The van der Waals surface area contributed by atoms with E-state index in [0.717, 1.165) is 0 Å². The molecule has 0 atom stereocenters. The topological polar surface area (TPSA) is 0 Å². The summed E-state index contributed by atoms with van der Waals surface area (Å²) < 4.78 is 0. The van der Waals surface area contributed by atoms with Crippen LogP contribution in [0.2, 0.25) is 0 Å². The number of aryl methyl sites for hydroxylation is 1. The van der Waals surface area contributed by atoms with Crippen LogP contribution in [0.5, 0.6) is 0 Å². The Morgan fingerprint density at radius 1 is 0.0952 bits per heavy atom. The molecule has 147 heavy (non-hydrogen) atoms. The van der Waals surface area contributed by atoms with Gasteiger partial charge in [0.1, 0.15) is 0 Å². The average Bonchev–Trinajstić information content (AvgIpc) is 0.749. The Kier molecular flexibility index (Phi) is 32.4. The minimum atomic E-state index is 1.27. The Labute approximate surface area is 866 Å². The van der Waals surface area contributed by atoms with E-state index in [1.54, 1.807) is 0 Å². The molecule has 0 unspecified atom stereocenters. The summed E-state index contributed by atoms with van der Waals surface area (Å²) in [5.41, 5.74) is 17.0. The fraction of sp³-hybridized carbons (Fsp3) is 0.0748. The van der Waals surface area contributed by atoms with Gasteiger partial charge in [-0.05, 0) is 306 Å². The molecular weight excluding hydrogens is 1770 g/mol. The molecule has 0 spiro atoms. The SMILES string of the molecule is CC.CC.CC.CC.CC.Cc1c2ccccc2c(-c2cccc3ccccc23)c2ccccc12.c1ccc(-c2ccc3cc4ccccc4cc3c2)cc1.c1ccc(-c2ccc3cc4ccccc4cc3c2)cc1.c1ccc2c(-c3c4ccccc4cc4ccccc34)cccc2c1.c1ccc2c(-c3c4ccccc4cc4ccccc34)cccc2c1.c1ccc2c(-c3c4ccccc4cc4ccccc34)cccc2c1. The minimum absolute atomic E-state index is 1.27. The Hall–Kier alpha value is -17.7. The fourth-order valence-corrected chi connectivity index (χ4v) is 20.8. The zero-order valence-corrected chi connectivity index (χ0v) is 86.0. The summed E-state index contributed by atoms with van der Waals surface area (Å²) in [6.45, 7) is 22.2. The summed E-state index contributed by atoms with van der Waals surface area (Å²) >= 11 is 0. The monoisotopic (exact) mass is 1890 g/mol. The lowest BCUT2D eigenvalue weighted by Gasteiger charge is -2.16. The number of hydrogen-bond acceptors (Lipinski definition) is 0. The largest absolute Gasteiger partial charge is 0.0683 e. The van der Waals surface area contributed by atoms with Gasteiger partial charge in [-0.2, -0.15) is 0 Å². The smallest absolute Gasteiger partial charge is 0.00204 e. The summed E-state index contributed by atoms with van der Waals surface area (Å²) in [4.78, 5) is 0. The molecule has 0 aliphatic carbocycles. The van der Waals surface area contributed by atoms with E-state index in [0.29, 0.717) is 0 Å². The van der Waals surface area contributed by atoms with Gasteiger partial charge in [0.15, 0.2) is 0 Å².